The van der Waals surface area contributed by atoms with Crippen LogP contribution in [0.15, 0.2) is 29.2 Å². The van der Waals surface area contributed by atoms with E-state index < -0.39 is 0 Å². The average molecular weight is 235 g/mol. The maximum atomic E-state index is 5.54. The summed E-state index contributed by atoms with van der Waals surface area (Å²) in [5.74, 6) is 0.771. The second kappa shape index (κ2) is 5.58. The number of thiazole rings is 1. The van der Waals surface area contributed by atoms with E-state index in [1.54, 1.807) is 23.0 Å². The van der Waals surface area contributed by atoms with Crippen molar-refractivity contribution < 1.29 is 4.74 Å². The van der Waals surface area contributed by atoms with Crippen molar-refractivity contribution in [2.24, 2.45) is 0 Å². The van der Waals surface area contributed by atoms with Crippen LogP contribution in [-0.2, 0) is 13.2 Å². The molecular weight excluding hydrogens is 222 g/mol. The van der Waals surface area contributed by atoms with E-state index in [-0.39, 0.29) is 0 Å². The molecular formula is C11H13N3OS. The van der Waals surface area contributed by atoms with E-state index in [0.29, 0.717) is 6.61 Å². The number of ether oxygens (including phenoxy) is 1. The summed E-state index contributed by atoms with van der Waals surface area (Å²) < 4.78 is 5.54. The highest BCUT2D eigenvalue weighted by Crippen LogP contribution is 2.11. The zero-order valence-electron chi connectivity index (χ0n) is 9.01. The van der Waals surface area contributed by atoms with E-state index in [1.165, 1.54) is 0 Å². The minimum absolute atomic E-state index is 0.497. The molecule has 0 atom stereocenters. The first kappa shape index (κ1) is 11.0. The summed E-state index contributed by atoms with van der Waals surface area (Å²) in [6.07, 6.45) is 1.74. The molecule has 0 aromatic carbocycles. The first-order chi connectivity index (χ1) is 7.88. The number of hydrogen-bond acceptors (Lipinski definition) is 5. The number of pyridine rings is 1. The van der Waals surface area contributed by atoms with Crippen LogP contribution in [0, 0.1) is 0 Å². The van der Waals surface area contributed by atoms with Gasteiger partial charge < -0.3 is 10.1 Å². The van der Waals surface area contributed by atoms with Crippen molar-refractivity contribution in [1.82, 2.24) is 15.3 Å². The van der Waals surface area contributed by atoms with Gasteiger partial charge in [0.15, 0.2) is 0 Å². The lowest BCUT2D eigenvalue weighted by Crippen LogP contribution is -2.06. The zero-order valence-corrected chi connectivity index (χ0v) is 9.83. The summed E-state index contributed by atoms with van der Waals surface area (Å²) in [5.41, 5.74) is 3.75. The highest BCUT2D eigenvalue weighted by Gasteiger charge is 1.98. The molecule has 0 aliphatic heterocycles. The van der Waals surface area contributed by atoms with Crippen LogP contribution in [0.1, 0.15) is 11.4 Å². The van der Waals surface area contributed by atoms with Crippen molar-refractivity contribution in [1.29, 1.82) is 0 Å². The van der Waals surface area contributed by atoms with E-state index in [1.807, 2.05) is 24.6 Å². The third-order valence-corrected chi connectivity index (χ3v) is 2.66. The van der Waals surface area contributed by atoms with Gasteiger partial charge in [-0.1, -0.05) is 0 Å². The molecule has 0 spiro atoms. The number of nitrogens with zero attached hydrogens (tertiary/aromatic N) is 2. The summed E-state index contributed by atoms with van der Waals surface area (Å²) in [4.78, 5) is 8.40. The molecule has 5 heteroatoms. The Morgan fingerprint density at radius 1 is 1.31 bits per heavy atom. The molecule has 2 aromatic heterocycles. The van der Waals surface area contributed by atoms with Gasteiger partial charge in [0.2, 0.25) is 0 Å². The Morgan fingerprint density at radius 2 is 2.25 bits per heavy atom. The quantitative estimate of drug-likeness (QED) is 0.859. The normalized spacial score (nSPS) is 10.3. The molecule has 0 amide bonds. The van der Waals surface area contributed by atoms with Gasteiger partial charge in [0, 0.05) is 11.9 Å². The molecule has 0 saturated carbocycles. The third kappa shape index (κ3) is 3.01. The standard InChI is InChI=1S/C11H13N3OS/c1-12-4-9-2-3-11(5-13-9)15-6-10-7-16-8-14-10/h2-3,5,7-8,12H,4,6H2,1H3. The van der Waals surface area contributed by atoms with E-state index in [2.05, 4.69) is 15.3 Å². The van der Waals surface area contributed by atoms with Crippen LogP contribution in [0.3, 0.4) is 0 Å². The maximum absolute atomic E-state index is 5.54. The lowest BCUT2D eigenvalue weighted by molar-refractivity contribution is 0.300. The Hall–Kier alpha value is -1.46. The molecule has 0 bridgehead atoms. The van der Waals surface area contributed by atoms with Gasteiger partial charge in [-0.2, -0.15) is 0 Å². The molecule has 0 fully saturated rings. The highest BCUT2D eigenvalue weighted by atomic mass is 32.1. The second-order valence-corrected chi connectivity index (χ2v) is 4.00. The Balaban J connectivity index is 1.90. The van der Waals surface area contributed by atoms with Gasteiger partial charge in [0.1, 0.15) is 12.4 Å². The Bertz CT molecular complexity index is 413. The molecule has 84 valence electrons. The monoisotopic (exact) mass is 235 g/mol. The maximum Gasteiger partial charge on any atom is 0.138 e. The molecule has 2 rings (SSSR count). The molecule has 2 aromatic rings. The van der Waals surface area contributed by atoms with Crippen LogP contribution in [0.5, 0.6) is 5.75 Å². The summed E-state index contributed by atoms with van der Waals surface area (Å²) >= 11 is 1.57. The van der Waals surface area contributed by atoms with Crippen LogP contribution in [-0.4, -0.2) is 17.0 Å². The van der Waals surface area contributed by atoms with Crippen molar-refractivity contribution >= 4 is 11.3 Å². The van der Waals surface area contributed by atoms with E-state index >= 15 is 0 Å². The van der Waals surface area contributed by atoms with Crippen molar-refractivity contribution in [3.05, 3.63) is 40.6 Å². The Kier molecular flexibility index (Phi) is 3.85. The summed E-state index contributed by atoms with van der Waals surface area (Å²) in [5, 5.41) is 5.02. The van der Waals surface area contributed by atoms with E-state index in [0.717, 1.165) is 23.7 Å². The fraction of sp³-hybridized carbons (Fsp3) is 0.273. The molecule has 0 aliphatic carbocycles. The highest BCUT2D eigenvalue weighted by molar-refractivity contribution is 7.07. The summed E-state index contributed by atoms with van der Waals surface area (Å²) in [6, 6.07) is 3.87. The van der Waals surface area contributed by atoms with Gasteiger partial charge in [-0.05, 0) is 19.2 Å². The van der Waals surface area contributed by atoms with E-state index in [9.17, 15) is 0 Å². The van der Waals surface area contributed by atoms with Crippen molar-refractivity contribution in [2.75, 3.05) is 7.05 Å². The van der Waals surface area contributed by atoms with Gasteiger partial charge in [-0.25, -0.2) is 4.98 Å². The largest absolute Gasteiger partial charge is 0.486 e. The smallest absolute Gasteiger partial charge is 0.138 e. The molecule has 0 radical (unpaired) electrons. The number of hydrogen-bond donors (Lipinski definition) is 1. The lowest BCUT2D eigenvalue weighted by Gasteiger charge is -2.04. The molecule has 1 N–H and O–H groups in total. The van der Waals surface area contributed by atoms with Crippen LogP contribution in [0.2, 0.25) is 0 Å². The number of rotatable bonds is 5. The number of nitrogens with one attached hydrogen (secondary N) is 1. The third-order valence-electron chi connectivity index (χ3n) is 2.03. The molecule has 16 heavy (non-hydrogen) atoms. The van der Waals surface area contributed by atoms with Crippen molar-refractivity contribution in [3.63, 3.8) is 0 Å². The minimum atomic E-state index is 0.497. The van der Waals surface area contributed by atoms with Crippen LogP contribution < -0.4 is 10.1 Å². The molecule has 4 nitrogen and oxygen atoms in total. The van der Waals surface area contributed by atoms with Gasteiger partial charge in [-0.3, -0.25) is 4.98 Å². The van der Waals surface area contributed by atoms with Gasteiger partial charge in [0.05, 0.1) is 23.1 Å². The first-order valence-electron chi connectivity index (χ1n) is 4.98. The van der Waals surface area contributed by atoms with Gasteiger partial charge in [-0.15, -0.1) is 11.3 Å². The Morgan fingerprint density at radius 3 is 2.88 bits per heavy atom. The molecule has 0 saturated heterocycles. The summed E-state index contributed by atoms with van der Waals surface area (Å²) in [7, 11) is 1.90. The molecule has 0 unspecified atom stereocenters. The molecule has 0 aliphatic rings. The number of aromatic nitrogens is 2. The predicted molar refractivity (Wildman–Crippen MR) is 63.4 cm³/mol. The lowest BCUT2D eigenvalue weighted by atomic mass is 10.3. The predicted octanol–water partition coefficient (Wildman–Crippen LogP) is 1.84. The zero-order chi connectivity index (χ0) is 11.2. The van der Waals surface area contributed by atoms with Gasteiger partial charge >= 0.3 is 0 Å². The first-order valence-corrected chi connectivity index (χ1v) is 5.92. The van der Waals surface area contributed by atoms with Gasteiger partial charge in [0.25, 0.3) is 0 Å². The SMILES string of the molecule is CNCc1ccc(OCc2cscn2)cn1. The van der Waals surface area contributed by atoms with Crippen LogP contribution in [0.25, 0.3) is 0 Å². The van der Waals surface area contributed by atoms with Crippen LogP contribution >= 0.6 is 11.3 Å². The fourth-order valence-electron chi connectivity index (χ4n) is 1.25. The van der Waals surface area contributed by atoms with Crippen molar-refractivity contribution in [3.8, 4) is 5.75 Å². The second-order valence-electron chi connectivity index (χ2n) is 3.28. The topological polar surface area (TPSA) is 47.0 Å². The van der Waals surface area contributed by atoms with Crippen LogP contribution in [0.4, 0.5) is 0 Å². The Labute approximate surface area is 98.3 Å². The molecule has 2 heterocycles. The van der Waals surface area contributed by atoms with Crippen molar-refractivity contribution in [2.45, 2.75) is 13.2 Å². The average Bonchev–Trinajstić information content (AvgIpc) is 2.82. The van der Waals surface area contributed by atoms with E-state index in [4.69, 9.17) is 4.74 Å². The summed E-state index contributed by atoms with van der Waals surface area (Å²) in [6.45, 7) is 1.27. The minimum Gasteiger partial charge on any atom is -0.486 e. The fourth-order valence-corrected chi connectivity index (χ4v) is 1.79.